The SMILES string of the molecule is COc1ccc(Cl)cc1C(O)c1ccc(N(C)C)cc1. The van der Waals surface area contributed by atoms with E-state index in [0.717, 1.165) is 11.3 Å². The zero-order chi connectivity index (χ0) is 14.7. The molecule has 3 nitrogen and oxygen atoms in total. The molecule has 2 rings (SSSR count). The van der Waals surface area contributed by atoms with Crippen molar-refractivity contribution in [2.24, 2.45) is 0 Å². The van der Waals surface area contributed by atoms with E-state index < -0.39 is 6.10 Å². The van der Waals surface area contributed by atoms with Crippen LogP contribution >= 0.6 is 11.6 Å². The van der Waals surface area contributed by atoms with Crippen molar-refractivity contribution in [3.05, 3.63) is 58.6 Å². The van der Waals surface area contributed by atoms with Crippen LogP contribution in [-0.2, 0) is 0 Å². The number of benzene rings is 2. The second-order valence-electron chi connectivity index (χ2n) is 4.77. The van der Waals surface area contributed by atoms with E-state index in [0.29, 0.717) is 16.3 Å². The van der Waals surface area contributed by atoms with Gasteiger partial charge in [0.25, 0.3) is 0 Å². The van der Waals surface area contributed by atoms with Gasteiger partial charge in [0.2, 0.25) is 0 Å². The van der Waals surface area contributed by atoms with Gasteiger partial charge in [0, 0.05) is 30.4 Å². The van der Waals surface area contributed by atoms with E-state index in [9.17, 15) is 5.11 Å². The molecule has 0 amide bonds. The van der Waals surface area contributed by atoms with E-state index >= 15 is 0 Å². The largest absolute Gasteiger partial charge is 0.496 e. The average Bonchev–Trinajstić information content (AvgIpc) is 2.46. The van der Waals surface area contributed by atoms with Crippen molar-refractivity contribution < 1.29 is 9.84 Å². The minimum absolute atomic E-state index is 0.574. The topological polar surface area (TPSA) is 32.7 Å². The van der Waals surface area contributed by atoms with Crippen LogP contribution in [0.15, 0.2) is 42.5 Å². The third-order valence-electron chi connectivity index (χ3n) is 3.21. The molecule has 0 fully saturated rings. The standard InChI is InChI=1S/C16H18ClNO2/c1-18(2)13-7-4-11(5-8-13)16(19)14-10-12(17)6-9-15(14)20-3/h4-10,16,19H,1-3H3. The highest BCUT2D eigenvalue weighted by Gasteiger charge is 2.16. The lowest BCUT2D eigenvalue weighted by Crippen LogP contribution is -2.09. The van der Waals surface area contributed by atoms with Crippen LogP contribution in [0.25, 0.3) is 0 Å². The molecule has 1 atom stereocenters. The van der Waals surface area contributed by atoms with Crippen LogP contribution in [0.4, 0.5) is 5.69 Å². The summed E-state index contributed by atoms with van der Waals surface area (Å²) < 4.78 is 5.28. The van der Waals surface area contributed by atoms with Gasteiger partial charge in [-0.25, -0.2) is 0 Å². The molecule has 0 heterocycles. The monoisotopic (exact) mass is 291 g/mol. The lowest BCUT2D eigenvalue weighted by molar-refractivity contribution is 0.215. The summed E-state index contributed by atoms with van der Waals surface area (Å²) in [5.41, 5.74) is 2.55. The Bertz CT molecular complexity index is 582. The molecule has 0 aromatic heterocycles. The minimum Gasteiger partial charge on any atom is -0.496 e. The Morgan fingerprint density at radius 3 is 2.30 bits per heavy atom. The van der Waals surface area contributed by atoms with E-state index in [1.54, 1.807) is 25.3 Å². The first-order valence-electron chi connectivity index (χ1n) is 6.31. The maximum absolute atomic E-state index is 10.5. The van der Waals surface area contributed by atoms with Crippen molar-refractivity contribution in [1.82, 2.24) is 0 Å². The van der Waals surface area contributed by atoms with Gasteiger partial charge in [-0.05, 0) is 35.9 Å². The van der Waals surface area contributed by atoms with Gasteiger partial charge in [0.1, 0.15) is 11.9 Å². The maximum atomic E-state index is 10.5. The molecule has 0 saturated carbocycles. The smallest absolute Gasteiger partial charge is 0.125 e. The Kier molecular flexibility index (Phi) is 4.53. The molecule has 0 saturated heterocycles. The van der Waals surface area contributed by atoms with Gasteiger partial charge in [-0.3, -0.25) is 0 Å². The zero-order valence-electron chi connectivity index (χ0n) is 11.8. The van der Waals surface area contributed by atoms with Crippen LogP contribution < -0.4 is 9.64 Å². The molecular weight excluding hydrogens is 274 g/mol. The number of rotatable bonds is 4. The van der Waals surface area contributed by atoms with E-state index in [4.69, 9.17) is 16.3 Å². The van der Waals surface area contributed by atoms with Crippen LogP contribution in [0.2, 0.25) is 5.02 Å². The van der Waals surface area contributed by atoms with Crippen molar-refractivity contribution in [2.45, 2.75) is 6.10 Å². The third-order valence-corrected chi connectivity index (χ3v) is 3.45. The first-order valence-corrected chi connectivity index (χ1v) is 6.69. The number of aliphatic hydroxyl groups excluding tert-OH is 1. The maximum Gasteiger partial charge on any atom is 0.125 e. The predicted molar refractivity (Wildman–Crippen MR) is 82.8 cm³/mol. The molecule has 0 aliphatic heterocycles. The number of halogens is 1. The van der Waals surface area contributed by atoms with Crippen LogP contribution in [0.1, 0.15) is 17.2 Å². The highest BCUT2D eigenvalue weighted by atomic mass is 35.5. The second-order valence-corrected chi connectivity index (χ2v) is 5.21. The summed E-state index contributed by atoms with van der Waals surface area (Å²) in [5.74, 6) is 0.624. The van der Waals surface area contributed by atoms with Crippen molar-refractivity contribution in [1.29, 1.82) is 0 Å². The van der Waals surface area contributed by atoms with Gasteiger partial charge in [0.15, 0.2) is 0 Å². The normalized spacial score (nSPS) is 12.1. The Balaban J connectivity index is 2.35. The molecule has 0 spiro atoms. The molecule has 1 N–H and O–H groups in total. The van der Waals surface area contributed by atoms with Gasteiger partial charge < -0.3 is 14.7 Å². The number of methoxy groups -OCH3 is 1. The number of nitrogens with zero attached hydrogens (tertiary/aromatic N) is 1. The van der Waals surface area contributed by atoms with E-state index in [-0.39, 0.29) is 0 Å². The van der Waals surface area contributed by atoms with Gasteiger partial charge in [-0.1, -0.05) is 23.7 Å². The summed E-state index contributed by atoms with van der Waals surface area (Å²) in [7, 11) is 5.53. The molecule has 2 aromatic rings. The van der Waals surface area contributed by atoms with Crippen molar-refractivity contribution in [3.8, 4) is 5.75 Å². The first kappa shape index (κ1) is 14.7. The van der Waals surface area contributed by atoms with Crippen molar-refractivity contribution >= 4 is 17.3 Å². The summed E-state index contributed by atoms with van der Waals surface area (Å²) in [6.07, 6.45) is -0.764. The molecule has 4 heteroatoms. The summed E-state index contributed by atoms with van der Waals surface area (Å²) in [5, 5.41) is 11.1. The Morgan fingerprint density at radius 1 is 1.10 bits per heavy atom. The van der Waals surface area contributed by atoms with Gasteiger partial charge in [-0.15, -0.1) is 0 Å². The molecule has 2 aromatic carbocycles. The van der Waals surface area contributed by atoms with E-state index in [2.05, 4.69) is 0 Å². The van der Waals surface area contributed by atoms with Crippen molar-refractivity contribution in [2.75, 3.05) is 26.1 Å². The highest BCUT2D eigenvalue weighted by molar-refractivity contribution is 6.30. The fourth-order valence-electron chi connectivity index (χ4n) is 2.05. The number of hydrogen-bond donors (Lipinski definition) is 1. The van der Waals surface area contributed by atoms with Gasteiger partial charge in [0.05, 0.1) is 7.11 Å². The molecule has 0 aliphatic rings. The van der Waals surface area contributed by atoms with Crippen molar-refractivity contribution in [3.63, 3.8) is 0 Å². The Labute approximate surface area is 124 Å². The highest BCUT2D eigenvalue weighted by Crippen LogP contribution is 2.32. The summed E-state index contributed by atoms with van der Waals surface area (Å²) in [6, 6.07) is 13.0. The molecule has 0 radical (unpaired) electrons. The summed E-state index contributed by atoms with van der Waals surface area (Å²) in [6.45, 7) is 0. The van der Waals surface area contributed by atoms with Gasteiger partial charge in [-0.2, -0.15) is 0 Å². The number of ether oxygens (including phenoxy) is 1. The third kappa shape index (κ3) is 3.06. The number of aliphatic hydroxyl groups is 1. The van der Waals surface area contributed by atoms with Crippen LogP contribution in [0, 0.1) is 0 Å². The Hall–Kier alpha value is -1.71. The Morgan fingerprint density at radius 2 is 1.75 bits per heavy atom. The van der Waals surface area contributed by atoms with Crippen LogP contribution in [-0.4, -0.2) is 26.3 Å². The number of anilines is 1. The quantitative estimate of drug-likeness (QED) is 0.936. The second kappa shape index (κ2) is 6.16. The van der Waals surface area contributed by atoms with E-state index in [1.807, 2.05) is 43.3 Å². The molecule has 20 heavy (non-hydrogen) atoms. The fourth-order valence-corrected chi connectivity index (χ4v) is 2.23. The first-order chi connectivity index (χ1) is 9.52. The number of hydrogen-bond acceptors (Lipinski definition) is 3. The summed E-state index contributed by atoms with van der Waals surface area (Å²) >= 11 is 6.00. The molecule has 106 valence electrons. The predicted octanol–water partition coefficient (Wildman–Crippen LogP) is 3.50. The lowest BCUT2D eigenvalue weighted by Gasteiger charge is -2.17. The van der Waals surface area contributed by atoms with Gasteiger partial charge >= 0.3 is 0 Å². The van der Waals surface area contributed by atoms with Crippen LogP contribution in [0.3, 0.4) is 0 Å². The summed E-state index contributed by atoms with van der Waals surface area (Å²) in [4.78, 5) is 2.01. The fraction of sp³-hybridized carbons (Fsp3) is 0.250. The zero-order valence-corrected chi connectivity index (χ0v) is 12.6. The molecular formula is C16H18ClNO2. The molecule has 1 unspecified atom stereocenters. The lowest BCUT2D eigenvalue weighted by atomic mass is 10.0. The van der Waals surface area contributed by atoms with Crippen LogP contribution in [0.5, 0.6) is 5.75 Å². The van der Waals surface area contributed by atoms with E-state index in [1.165, 1.54) is 0 Å². The molecule has 0 bridgehead atoms. The minimum atomic E-state index is -0.764. The average molecular weight is 292 g/mol. The molecule has 0 aliphatic carbocycles.